The Labute approximate surface area is 107 Å². The van der Waals surface area contributed by atoms with Gasteiger partial charge in [-0.3, -0.25) is 9.69 Å². The lowest BCUT2D eigenvalue weighted by molar-refractivity contribution is -0.151. The molecule has 17 heavy (non-hydrogen) atoms. The lowest BCUT2D eigenvalue weighted by Crippen LogP contribution is -2.39. The topological polar surface area (TPSA) is 29.5 Å². The van der Waals surface area contributed by atoms with E-state index in [1.54, 1.807) is 11.3 Å². The molecule has 0 saturated carbocycles. The Hall–Kier alpha value is -0.870. The van der Waals surface area contributed by atoms with Crippen molar-refractivity contribution in [3.63, 3.8) is 0 Å². The maximum atomic E-state index is 11.6. The predicted octanol–water partition coefficient (Wildman–Crippen LogP) is 2.77. The molecule has 0 atom stereocenters. The fourth-order valence-corrected chi connectivity index (χ4v) is 2.55. The van der Waals surface area contributed by atoms with Gasteiger partial charge in [-0.25, -0.2) is 0 Å². The second-order valence-electron chi connectivity index (χ2n) is 4.76. The van der Waals surface area contributed by atoms with Gasteiger partial charge in [0.1, 0.15) is 0 Å². The summed E-state index contributed by atoms with van der Waals surface area (Å²) in [4.78, 5) is 15.2. The van der Waals surface area contributed by atoms with E-state index in [9.17, 15) is 4.79 Å². The molecular weight excluding hydrogens is 234 g/mol. The molecule has 3 nitrogen and oxygen atoms in total. The third-order valence-electron chi connectivity index (χ3n) is 2.76. The van der Waals surface area contributed by atoms with E-state index in [1.165, 1.54) is 12.0 Å². The summed E-state index contributed by atoms with van der Waals surface area (Å²) >= 11 is 1.75. The minimum atomic E-state index is -0.456. The van der Waals surface area contributed by atoms with Crippen LogP contribution in [0, 0.1) is 5.41 Å². The quantitative estimate of drug-likeness (QED) is 0.732. The second kappa shape index (κ2) is 6.17. The van der Waals surface area contributed by atoms with Crippen LogP contribution in [0.25, 0.3) is 0 Å². The predicted molar refractivity (Wildman–Crippen MR) is 71.1 cm³/mol. The van der Waals surface area contributed by atoms with Gasteiger partial charge in [0.2, 0.25) is 0 Å². The van der Waals surface area contributed by atoms with Crippen LogP contribution < -0.4 is 0 Å². The molecule has 0 bridgehead atoms. The van der Waals surface area contributed by atoms with E-state index in [2.05, 4.69) is 29.3 Å². The van der Waals surface area contributed by atoms with E-state index >= 15 is 0 Å². The van der Waals surface area contributed by atoms with Crippen LogP contribution in [0.4, 0.5) is 0 Å². The van der Waals surface area contributed by atoms with Gasteiger partial charge in [0.15, 0.2) is 0 Å². The summed E-state index contributed by atoms with van der Waals surface area (Å²) < 4.78 is 4.83. The third kappa shape index (κ3) is 4.13. The largest absolute Gasteiger partial charge is 0.469 e. The Morgan fingerprint density at radius 1 is 1.53 bits per heavy atom. The summed E-state index contributed by atoms with van der Waals surface area (Å²) in [5, 5.41) is 2.08. The van der Waals surface area contributed by atoms with Crippen LogP contribution in [0.5, 0.6) is 0 Å². The Kier molecular flexibility index (Phi) is 5.15. The number of carbonyl (C=O) groups excluding carboxylic acids is 1. The minimum Gasteiger partial charge on any atom is -0.469 e. The van der Waals surface area contributed by atoms with Crippen molar-refractivity contribution in [2.45, 2.75) is 27.3 Å². The standard InChI is InChI=1S/C13H21NO2S/c1-5-14(9-11-7-6-8-17-11)10-13(2,3)12(15)16-4/h6-8H,5,9-10H2,1-4H3. The van der Waals surface area contributed by atoms with Crippen LogP contribution in [0.3, 0.4) is 0 Å². The van der Waals surface area contributed by atoms with Crippen molar-refractivity contribution in [2.24, 2.45) is 5.41 Å². The lowest BCUT2D eigenvalue weighted by Gasteiger charge is -2.29. The van der Waals surface area contributed by atoms with Gasteiger partial charge in [-0.2, -0.15) is 0 Å². The Morgan fingerprint density at radius 3 is 2.71 bits per heavy atom. The highest BCUT2D eigenvalue weighted by molar-refractivity contribution is 7.09. The highest BCUT2D eigenvalue weighted by Crippen LogP contribution is 2.21. The monoisotopic (exact) mass is 255 g/mol. The summed E-state index contributed by atoms with van der Waals surface area (Å²) in [6, 6.07) is 4.18. The number of ether oxygens (including phenoxy) is 1. The first-order valence-corrected chi connectivity index (χ1v) is 6.70. The summed E-state index contributed by atoms with van der Waals surface area (Å²) in [7, 11) is 1.44. The Balaban J connectivity index is 2.60. The van der Waals surface area contributed by atoms with Gasteiger partial charge in [0, 0.05) is 18.0 Å². The fraction of sp³-hybridized carbons (Fsp3) is 0.615. The van der Waals surface area contributed by atoms with Crippen LogP contribution >= 0.6 is 11.3 Å². The molecule has 1 heterocycles. The van der Waals surface area contributed by atoms with Crippen molar-refractivity contribution < 1.29 is 9.53 Å². The average Bonchev–Trinajstić information content (AvgIpc) is 2.79. The molecule has 0 amide bonds. The summed E-state index contributed by atoms with van der Waals surface area (Å²) in [5.74, 6) is -0.151. The number of nitrogens with zero attached hydrogens (tertiary/aromatic N) is 1. The molecule has 0 radical (unpaired) electrons. The van der Waals surface area contributed by atoms with Crippen molar-refractivity contribution in [1.29, 1.82) is 0 Å². The zero-order valence-corrected chi connectivity index (χ0v) is 11.8. The van der Waals surface area contributed by atoms with Gasteiger partial charge in [-0.15, -0.1) is 11.3 Å². The number of methoxy groups -OCH3 is 1. The summed E-state index contributed by atoms with van der Waals surface area (Å²) in [5.41, 5.74) is -0.456. The molecule has 0 unspecified atom stereocenters. The molecule has 4 heteroatoms. The molecule has 0 aromatic carbocycles. The van der Waals surface area contributed by atoms with Crippen LogP contribution in [0.15, 0.2) is 17.5 Å². The number of esters is 1. The molecule has 0 aliphatic rings. The smallest absolute Gasteiger partial charge is 0.312 e. The van der Waals surface area contributed by atoms with Gasteiger partial charge in [-0.1, -0.05) is 13.0 Å². The molecule has 0 saturated heterocycles. The zero-order chi connectivity index (χ0) is 12.9. The number of thiophene rings is 1. The number of hydrogen-bond donors (Lipinski definition) is 0. The lowest BCUT2D eigenvalue weighted by atomic mass is 9.93. The highest BCUT2D eigenvalue weighted by atomic mass is 32.1. The molecule has 0 N–H and O–H groups in total. The molecule has 1 rings (SSSR count). The molecule has 96 valence electrons. The van der Waals surface area contributed by atoms with Crippen molar-refractivity contribution in [2.75, 3.05) is 20.2 Å². The molecule has 1 aromatic rings. The maximum absolute atomic E-state index is 11.6. The number of hydrogen-bond acceptors (Lipinski definition) is 4. The van der Waals surface area contributed by atoms with Crippen LogP contribution in [0.1, 0.15) is 25.6 Å². The summed E-state index contributed by atoms with van der Waals surface area (Å²) in [6.07, 6.45) is 0. The van der Waals surface area contributed by atoms with Gasteiger partial charge in [0.05, 0.1) is 12.5 Å². The van der Waals surface area contributed by atoms with Crippen molar-refractivity contribution in [1.82, 2.24) is 4.90 Å². The molecule has 0 spiro atoms. The fourth-order valence-electron chi connectivity index (χ4n) is 1.80. The van der Waals surface area contributed by atoms with Gasteiger partial charge in [0.25, 0.3) is 0 Å². The van der Waals surface area contributed by atoms with Gasteiger partial charge < -0.3 is 4.74 Å². The number of rotatable bonds is 6. The van der Waals surface area contributed by atoms with E-state index in [4.69, 9.17) is 4.74 Å². The second-order valence-corrected chi connectivity index (χ2v) is 5.79. The molecule has 0 fully saturated rings. The normalized spacial score (nSPS) is 11.8. The van der Waals surface area contributed by atoms with Crippen LogP contribution in [-0.4, -0.2) is 31.1 Å². The molecule has 0 aliphatic carbocycles. The number of carbonyl (C=O) groups is 1. The van der Waals surface area contributed by atoms with Crippen molar-refractivity contribution in [3.05, 3.63) is 22.4 Å². The van der Waals surface area contributed by atoms with E-state index in [1.807, 2.05) is 13.8 Å². The summed E-state index contributed by atoms with van der Waals surface area (Å²) in [6.45, 7) is 8.51. The SMILES string of the molecule is CCN(Cc1cccs1)CC(C)(C)C(=O)OC. The van der Waals surface area contributed by atoms with E-state index in [-0.39, 0.29) is 5.97 Å². The molecule has 1 aromatic heterocycles. The molecule has 0 aliphatic heterocycles. The van der Waals surface area contributed by atoms with E-state index in [0.29, 0.717) is 6.54 Å². The first kappa shape index (κ1) is 14.2. The van der Waals surface area contributed by atoms with Crippen molar-refractivity contribution >= 4 is 17.3 Å². The van der Waals surface area contributed by atoms with Crippen LogP contribution in [0.2, 0.25) is 0 Å². The maximum Gasteiger partial charge on any atom is 0.312 e. The van der Waals surface area contributed by atoms with Gasteiger partial charge in [-0.05, 0) is 31.8 Å². The van der Waals surface area contributed by atoms with Crippen LogP contribution in [-0.2, 0) is 16.1 Å². The van der Waals surface area contributed by atoms with E-state index < -0.39 is 5.41 Å². The first-order chi connectivity index (χ1) is 7.99. The first-order valence-electron chi connectivity index (χ1n) is 5.82. The highest BCUT2D eigenvalue weighted by Gasteiger charge is 2.30. The molecular formula is C13H21NO2S. The van der Waals surface area contributed by atoms with Crippen molar-refractivity contribution in [3.8, 4) is 0 Å². The Morgan fingerprint density at radius 2 is 2.24 bits per heavy atom. The Bertz CT molecular complexity index is 346. The zero-order valence-electron chi connectivity index (χ0n) is 11.0. The minimum absolute atomic E-state index is 0.151. The van der Waals surface area contributed by atoms with Gasteiger partial charge >= 0.3 is 5.97 Å². The average molecular weight is 255 g/mol. The third-order valence-corrected chi connectivity index (χ3v) is 3.62. The van der Waals surface area contributed by atoms with E-state index in [0.717, 1.165) is 13.1 Å².